The van der Waals surface area contributed by atoms with Crippen molar-refractivity contribution in [2.24, 2.45) is 0 Å². The number of fused-ring (bicyclic) bond motifs is 1. The van der Waals surface area contributed by atoms with Crippen molar-refractivity contribution in [3.05, 3.63) is 64.7 Å². The number of rotatable bonds is 2. The fourth-order valence-corrected chi connectivity index (χ4v) is 2.75. The van der Waals surface area contributed by atoms with Crippen LogP contribution in [0.4, 0.5) is 14.5 Å². The molecule has 1 N–H and O–H groups in total. The molecule has 0 heterocycles. The zero-order valence-electron chi connectivity index (χ0n) is 10.7. The van der Waals surface area contributed by atoms with Crippen LogP contribution in [0.15, 0.2) is 36.4 Å². The lowest BCUT2D eigenvalue weighted by atomic mass is 10.1. The third-order valence-electron chi connectivity index (χ3n) is 3.75. The Bertz CT molecular complexity index is 602. The molecule has 0 saturated carbocycles. The van der Waals surface area contributed by atoms with Gasteiger partial charge >= 0.3 is 0 Å². The molecule has 1 aliphatic rings. The van der Waals surface area contributed by atoms with E-state index < -0.39 is 0 Å². The molecule has 1 aliphatic carbocycles. The summed E-state index contributed by atoms with van der Waals surface area (Å²) in [4.78, 5) is 0. The SMILES string of the molecule is Cc1cccc(F)c1NC1CCc2c(F)cccc21. The molecule has 0 fully saturated rings. The van der Waals surface area contributed by atoms with Gasteiger partial charge in [-0.3, -0.25) is 0 Å². The van der Waals surface area contributed by atoms with Gasteiger partial charge in [0, 0.05) is 0 Å². The summed E-state index contributed by atoms with van der Waals surface area (Å²) in [7, 11) is 0. The Hall–Kier alpha value is -1.90. The van der Waals surface area contributed by atoms with Crippen LogP contribution in [0, 0.1) is 18.6 Å². The highest BCUT2D eigenvalue weighted by Gasteiger charge is 2.25. The molecule has 1 unspecified atom stereocenters. The Kier molecular flexibility index (Phi) is 2.97. The van der Waals surface area contributed by atoms with Gasteiger partial charge in [0.25, 0.3) is 0 Å². The van der Waals surface area contributed by atoms with Crippen LogP contribution in [0.3, 0.4) is 0 Å². The molecule has 0 aromatic heterocycles. The van der Waals surface area contributed by atoms with Crippen LogP contribution in [-0.2, 0) is 6.42 Å². The second-order valence-electron chi connectivity index (χ2n) is 4.97. The number of anilines is 1. The van der Waals surface area contributed by atoms with E-state index in [1.807, 2.05) is 19.1 Å². The highest BCUT2D eigenvalue weighted by molar-refractivity contribution is 5.54. The van der Waals surface area contributed by atoms with Crippen LogP contribution in [-0.4, -0.2) is 0 Å². The van der Waals surface area contributed by atoms with E-state index in [4.69, 9.17) is 0 Å². The van der Waals surface area contributed by atoms with Gasteiger partial charge in [0.2, 0.25) is 0 Å². The van der Waals surface area contributed by atoms with Gasteiger partial charge in [-0.05, 0) is 48.6 Å². The average Bonchev–Trinajstić information content (AvgIpc) is 2.79. The zero-order valence-corrected chi connectivity index (χ0v) is 10.7. The van der Waals surface area contributed by atoms with Crippen molar-refractivity contribution in [1.82, 2.24) is 0 Å². The second kappa shape index (κ2) is 4.65. The normalized spacial score (nSPS) is 17.3. The van der Waals surface area contributed by atoms with Crippen molar-refractivity contribution in [2.45, 2.75) is 25.8 Å². The third-order valence-corrected chi connectivity index (χ3v) is 3.75. The van der Waals surface area contributed by atoms with Crippen LogP contribution in [0.2, 0.25) is 0 Å². The number of nitrogens with one attached hydrogen (secondary N) is 1. The summed E-state index contributed by atoms with van der Waals surface area (Å²) in [6, 6.07) is 10.1. The first kappa shape index (κ1) is 12.2. The predicted molar refractivity (Wildman–Crippen MR) is 72.2 cm³/mol. The van der Waals surface area contributed by atoms with Crippen molar-refractivity contribution in [2.75, 3.05) is 5.32 Å². The molecule has 3 rings (SSSR count). The molecular weight excluding hydrogens is 244 g/mol. The van der Waals surface area contributed by atoms with Crippen LogP contribution < -0.4 is 5.32 Å². The largest absolute Gasteiger partial charge is 0.376 e. The van der Waals surface area contributed by atoms with E-state index in [0.717, 1.165) is 23.1 Å². The maximum Gasteiger partial charge on any atom is 0.146 e. The van der Waals surface area contributed by atoms with Crippen LogP contribution >= 0.6 is 0 Å². The van der Waals surface area contributed by atoms with Crippen LogP contribution in [0.5, 0.6) is 0 Å². The molecule has 0 saturated heterocycles. The molecule has 0 radical (unpaired) electrons. The molecule has 19 heavy (non-hydrogen) atoms. The molecule has 1 nitrogen and oxygen atoms in total. The van der Waals surface area contributed by atoms with Gasteiger partial charge in [-0.25, -0.2) is 8.78 Å². The van der Waals surface area contributed by atoms with Gasteiger partial charge in [-0.2, -0.15) is 0 Å². The minimum absolute atomic E-state index is 0.0127. The lowest BCUT2D eigenvalue weighted by Gasteiger charge is -2.18. The zero-order chi connectivity index (χ0) is 13.4. The molecule has 2 aromatic rings. The Morgan fingerprint density at radius 3 is 2.58 bits per heavy atom. The van der Waals surface area contributed by atoms with Crippen LogP contribution in [0.25, 0.3) is 0 Å². The summed E-state index contributed by atoms with van der Waals surface area (Å²) < 4.78 is 27.5. The molecular formula is C16H15F2N. The lowest BCUT2D eigenvalue weighted by Crippen LogP contribution is -2.09. The van der Waals surface area contributed by atoms with E-state index in [1.165, 1.54) is 12.1 Å². The van der Waals surface area contributed by atoms with Gasteiger partial charge in [0.1, 0.15) is 11.6 Å². The standard InChI is InChI=1S/C16H15F2N/c1-10-4-2-7-14(18)16(10)19-15-9-8-11-12(15)5-3-6-13(11)17/h2-7,15,19H,8-9H2,1H3. The van der Waals surface area contributed by atoms with E-state index in [1.54, 1.807) is 12.1 Å². The molecule has 2 aromatic carbocycles. The third kappa shape index (κ3) is 2.09. The second-order valence-corrected chi connectivity index (χ2v) is 4.97. The first-order valence-electron chi connectivity index (χ1n) is 6.46. The Morgan fingerprint density at radius 2 is 1.79 bits per heavy atom. The van der Waals surface area contributed by atoms with Crippen molar-refractivity contribution in [3.8, 4) is 0 Å². The van der Waals surface area contributed by atoms with E-state index in [0.29, 0.717) is 12.1 Å². The molecule has 0 spiro atoms. The fraction of sp³-hybridized carbons (Fsp3) is 0.250. The summed E-state index contributed by atoms with van der Waals surface area (Å²) in [5, 5.41) is 3.22. The Labute approximate surface area is 111 Å². The summed E-state index contributed by atoms with van der Waals surface area (Å²) in [5.74, 6) is -0.420. The van der Waals surface area contributed by atoms with Gasteiger partial charge in [0.05, 0.1) is 11.7 Å². The van der Waals surface area contributed by atoms with Gasteiger partial charge in [-0.1, -0.05) is 24.3 Å². The lowest BCUT2D eigenvalue weighted by molar-refractivity contribution is 0.612. The molecule has 0 amide bonds. The number of hydrogen-bond acceptors (Lipinski definition) is 1. The van der Waals surface area contributed by atoms with Crippen LogP contribution in [0.1, 0.15) is 29.2 Å². The number of aryl methyl sites for hydroxylation is 1. The van der Waals surface area contributed by atoms with E-state index >= 15 is 0 Å². The average molecular weight is 259 g/mol. The highest BCUT2D eigenvalue weighted by Crippen LogP contribution is 2.36. The van der Waals surface area contributed by atoms with Crippen molar-refractivity contribution in [3.63, 3.8) is 0 Å². The predicted octanol–water partition coefficient (Wildman–Crippen LogP) is 4.37. The molecule has 0 aliphatic heterocycles. The van der Waals surface area contributed by atoms with Gasteiger partial charge in [-0.15, -0.1) is 0 Å². The van der Waals surface area contributed by atoms with Gasteiger partial charge < -0.3 is 5.32 Å². The monoisotopic (exact) mass is 259 g/mol. The fourth-order valence-electron chi connectivity index (χ4n) is 2.75. The minimum Gasteiger partial charge on any atom is -0.376 e. The summed E-state index contributed by atoms with van der Waals surface area (Å²) in [5.41, 5.74) is 3.09. The smallest absolute Gasteiger partial charge is 0.146 e. The number of halogens is 2. The summed E-state index contributed by atoms with van der Waals surface area (Å²) in [6.07, 6.45) is 1.50. The molecule has 0 bridgehead atoms. The summed E-state index contributed by atoms with van der Waals surface area (Å²) in [6.45, 7) is 1.87. The highest BCUT2D eigenvalue weighted by atomic mass is 19.1. The maximum absolute atomic E-state index is 13.8. The number of para-hydroxylation sites is 1. The number of hydrogen-bond donors (Lipinski definition) is 1. The van der Waals surface area contributed by atoms with E-state index in [-0.39, 0.29) is 17.7 Å². The molecule has 98 valence electrons. The van der Waals surface area contributed by atoms with Crippen molar-refractivity contribution in [1.29, 1.82) is 0 Å². The van der Waals surface area contributed by atoms with Crippen molar-refractivity contribution >= 4 is 5.69 Å². The quantitative estimate of drug-likeness (QED) is 0.844. The maximum atomic E-state index is 13.8. The van der Waals surface area contributed by atoms with Gasteiger partial charge in [0.15, 0.2) is 0 Å². The Balaban J connectivity index is 1.93. The Morgan fingerprint density at radius 1 is 1.05 bits per heavy atom. The van der Waals surface area contributed by atoms with Crippen molar-refractivity contribution < 1.29 is 8.78 Å². The molecule has 3 heteroatoms. The van der Waals surface area contributed by atoms with E-state index in [9.17, 15) is 8.78 Å². The molecule has 1 atom stereocenters. The topological polar surface area (TPSA) is 12.0 Å². The first-order valence-corrected chi connectivity index (χ1v) is 6.46. The first-order chi connectivity index (χ1) is 9.16. The summed E-state index contributed by atoms with van der Waals surface area (Å²) >= 11 is 0. The minimum atomic E-state index is -0.259. The van der Waals surface area contributed by atoms with E-state index in [2.05, 4.69) is 5.32 Å². The number of benzene rings is 2.